The van der Waals surface area contributed by atoms with Gasteiger partial charge in [0.1, 0.15) is 5.75 Å². The van der Waals surface area contributed by atoms with Gasteiger partial charge in [0.2, 0.25) is 5.91 Å². The van der Waals surface area contributed by atoms with Crippen LogP contribution in [-0.4, -0.2) is 16.4 Å². The number of nitrogens with zero attached hydrogens (tertiary/aromatic N) is 1. The second-order valence-electron chi connectivity index (χ2n) is 4.24. The average Bonchev–Trinajstić information content (AvgIpc) is 2.61. The molecule has 1 aliphatic heterocycles. The minimum atomic E-state index is 0.121. The molecule has 0 saturated heterocycles. The Morgan fingerprint density at radius 3 is 3.00 bits per heavy atom. The van der Waals surface area contributed by atoms with Crippen LogP contribution in [0.1, 0.15) is 33.1 Å². The highest BCUT2D eigenvalue weighted by Gasteiger charge is 2.31. The van der Waals surface area contributed by atoms with Gasteiger partial charge in [-0.3, -0.25) is 9.69 Å². The van der Waals surface area contributed by atoms with Crippen LogP contribution in [0.3, 0.4) is 0 Å². The molecule has 0 aromatic heterocycles. The molecule has 0 aliphatic carbocycles. The fraction of sp³-hybridized carbons (Fsp3) is 0.462. The van der Waals surface area contributed by atoms with E-state index in [1.165, 1.54) is 0 Å². The summed E-state index contributed by atoms with van der Waals surface area (Å²) in [7, 11) is 0. The molecule has 0 saturated carbocycles. The van der Waals surface area contributed by atoms with Crippen LogP contribution < -0.4 is 4.90 Å². The van der Waals surface area contributed by atoms with E-state index in [-0.39, 0.29) is 17.0 Å². The third kappa shape index (κ3) is 2.41. The number of carbonyl (C=O) groups excluding carboxylic acids is 1. The van der Waals surface area contributed by atoms with Crippen molar-refractivity contribution >= 4 is 23.4 Å². The molecule has 3 nitrogen and oxygen atoms in total. The molecule has 1 aromatic carbocycles. The number of benzene rings is 1. The molecular formula is C13H17NO2S. The van der Waals surface area contributed by atoms with E-state index in [4.69, 9.17) is 0 Å². The lowest BCUT2D eigenvalue weighted by molar-refractivity contribution is -0.118. The number of hydrogen-bond donors (Lipinski definition) is 1. The van der Waals surface area contributed by atoms with Crippen molar-refractivity contribution in [2.75, 3.05) is 4.90 Å². The molecule has 0 bridgehead atoms. The molecule has 0 fully saturated rings. The first-order valence-corrected chi connectivity index (χ1v) is 6.83. The van der Waals surface area contributed by atoms with Crippen LogP contribution >= 0.6 is 11.8 Å². The van der Waals surface area contributed by atoms with E-state index >= 15 is 0 Å². The number of fused-ring (bicyclic) bond motifs is 1. The lowest BCUT2D eigenvalue weighted by Gasteiger charge is -2.21. The van der Waals surface area contributed by atoms with E-state index in [2.05, 4.69) is 6.92 Å². The third-order valence-electron chi connectivity index (χ3n) is 2.88. The highest BCUT2D eigenvalue weighted by Crippen LogP contribution is 2.44. The molecule has 17 heavy (non-hydrogen) atoms. The Bertz CT molecular complexity index is 433. The summed E-state index contributed by atoms with van der Waals surface area (Å²) in [6, 6.07) is 5.19. The summed E-state index contributed by atoms with van der Waals surface area (Å²) >= 11 is 1.62. The smallest absolute Gasteiger partial charge is 0.227 e. The van der Waals surface area contributed by atoms with E-state index in [0.29, 0.717) is 6.42 Å². The molecular weight excluding hydrogens is 234 g/mol. The zero-order chi connectivity index (χ0) is 12.4. The second-order valence-corrected chi connectivity index (χ2v) is 5.59. The molecule has 2 rings (SSSR count). The van der Waals surface area contributed by atoms with Crippen molar-refractivity contribution in [3.05, 3.63) is 18.2 Å². The molecule has 1 amide bonds. The zero-order valence-electron chi connectivity index (χ0n) is 10.1. The Kier molecular flexibility index (Phi) is 3.62. The third-order valence-corrected chi connectivity index (χ3v) is 4.01. The highest BCUT2D eigenvalue weighted by molar-refractivity contribution is 8.00. The van der Waals surface area contributed by atoms with Gasteiger partial charge < -0.3 is 5.11 Å². The number of phenolic OH excluding ortho intramolecular Hbond substituents is 1. The second kappa shape index (κ2) is 5.00. The molecule has 0 spiro atoms. The van der Waals surface area contributed by atoms with Gasteiger partial charge in [0.25, 0.3) is 0 Å². The van der Waals surface area contributed by atoms with Gasteiger partial charge >= 0.3 is 0 Å². The number of rotatable bonds is 3. The van der Waals surface area contributed by atoms with Gasteiger partial charge in [-0.25, -0.2) is 0 Å². The molecule has 1 heterocycles. The van der Waals surface area contributed by atoms with Crippen molar-refractivity contribution < 1.29 is 9.90 Å². The van der Waals surface area contributed by atoms with Crippen molar-refractivity contribution in [3.8, 4) is 5.75 Å². The largest absolute Gasteiger partial charge is 0.508 e. The van der Waals surface area contributed by atoms with Gasteiger partial charge in [-0.15, -0.1) is 0 Å². The molecule has 1 unspecified atom stereocenters. The first kappa shape index (κ1) is 12.3. The maximum Gasteiger partial charge on any atom is 0.227 e. The summed E-state index contributed by atoms with van der Waals surface area (Å²) in [4.78, 5) is 14.9. The fourth-order valence-corrected chi connectivity index (χ4v) is 3.19. The Morgan fingerprint density at radius 2 is 2.29 bits per heavy atom. The molecule has 0 radical (unpaired) electrons. The number of hydrogen-bond acceptors (Lipinski definition) is 3. The maximum absolute atomic E-state index is 12.1. The van der Waals surface area contributed by atoms with Crippen LogP contribution in [0.2, 0.25) is 0 Å². The zero-order valence-corrected chi connectivity index (χ0v) is 11.0. The Morgan fingerprint density at radius 1 is 1.53 bits per heavy atom. The summed E-state index contributed by atoms with van der Waals surface area (Å²) in [5.41, 5.74) is 0.932. The van der Waals surface area contributed by atoms with E-state index in [9.17, 15) is 9.90 Å². The average molecular weight is 251 g/mol. The first-order valence-electron chi connectivity index (χ1n) is 5.95. The molecule has 1 atom stereocenters. The minimum absolute atomic E-state index is 0.121. The van der Waals surface area contributed by atoms with Gasteiger partial charge in [-0.1, -0.05) is 25.1 Å². The maximum atomic E-state index is 12.1. The normalized spacial score (nSPS) is 18.2. The Balaban J connectivity index is 2.22. The predicted molar refractivity (Wildman–Crippen MR) is 70.4 cm³/mol. The quantitative estimate of drug-likeness (QED) is 0.895. The fourth-order valence-electron chi connectivity index (χ4n) is 2.01. The van der Waals surface area contributed by atoms with Gasteiger partial charge in [-0.2, -0.15) is 0 Å². The number of phenols is 1. The van der Waals surface area contributed by atoms with Crippen LogP contribution in [0.4, 0.5) is 5.69 Å². The molecule has 1 N–H and O–H groups in total. The minimum Gasteiger partial charge on any atom is -0.508 e. The van der Waals surface area contributed by atoms with E-state index in [1.54, 1.807) is 23.9 Å². The Hall–Kier alpha value is -1.16. The van der Waals surface area contributed by atoms with Crippen molar-refractivity contribution in [3.63, 3.8) is 0 Å². The summed E-state index contributed by atoms with van der Waals surface area (Å²) in [6.07, 6.45) is 2.56. The molecule has 4 heteroatoms. The number of thioether (sulfide) groups is 1. The van der Waals surface area contributed by atoms with Crippen LogP contribution in [0.15, 0.2) is 23.1 Å². The predicted octanol–water partition coefficient (Wildman–Crippen LogP) is 3.37. The van der Waals surface area contributed by atoms with Gasteiger partial charge in [0.15, 0.2) is 0 Å². The monoisotopic (exact) mass is 251 g/mol. The summed E-state index contributed by atoms with van der Waals surface area (Å²) in [5.74, 6) is 0.433. The summed E-state index contributed by atoms with van der Waals surface area (Å²) < 4.78 is 0. The summed E-state index contributed by atoms with van der Waals surface area (Å²) in [6.45, 7) is 4.10. The lowest BCUT2D eigenvalue weighted by atomic mass is 10.2. The van der Waals surface area contributed by atoms with Crippen molar-refractivity contribution in [1.82, 2.24) is 0 Å². The number of carbonyl (C=O) groups is 1. The van der Waals surface area contributed by atoms with Crippen LogP contribution in [0.25, 0.3) is 0 Å². The molecule has 1 aromatic rings. The molecule has 92 valence electrons. The SMILES string of the molecule is CCCCC(=O)N1c2ccc(O)cc2SC1C. The first-order chi connectivity index (χ1) is 8.13. The molecule has 1 aliphatic rings. The van der Waals surface area contributed by atoms with E-state index < -0.39 is 0 Å². The highest BCUT2D eigenvalue weighted by atomic mass is 32.2. The van der Waals surface area contributed by atoms with E-state index in [1.807, 2.05) is 17.9 Å². The van der Waals surface area contributed by atoms with Crippen LogP contribution in [0, 0.1) is 0 Å². The number of amides is 1. The van der Waals surface area contributed by atoms with Gasteiger partial charge in [-0.05, 0) is 31.5 Å². The topological polar surface area (TPSA) is 40.5 Å². The van der Waals surface area contributed by atoms with Crippen molar-refractivity contribution in [2.24, 2.45) is 0 Å². The van der Waals surface area contributed by atoms with Crippen molar-refractivity contribution in [1.29, 1.82) is 0 Å². The van der Waals surface area contributed by atoms with Gasteiger partial charge in [0.05, 0.1) is 11.1 Å². The summed E-state index contributed by atoms with van der Waals surface area (Å²) in [5, 5.41) is 9.55. The number of aromatic hydroxyl groups is 1. The van der Waals surface area contributed by atoms with Crippen LogP contribution in [-0.2, 0) is 4.79 Å². The van der Waals surface area contributed by atoms with Gasteiger partial charge in [0, 0.05) is 11.3 Å². The number of anilines is 1. The number of unbranched alkanes of at least 4 members (excludes halogenated alkanes) is 1. The lowest BCUT2D eigenvalue weighted by Crippen LogP contribution is -2.33. The Labute approximate surface area is 106 Å². The standard InChI is InChI=1S/C13H17NO2S/c1-3-4-5-13(16)14-9(2)17-12-8-10(15)6-7-11(12)14/h6-9,15H,3-5H2,1-2H3. The van der Waals surface area contributed by atoms with Crippen LogP contribution in [0.5, 0.6) is 5.75 Å². The van der Waals surface area contributed by atoms with Crippen molar-refractivity contribution in [2.45, 2.75) is 43.4 Å². The van der Waals surface area contributed by atoms with E-state index in [0.717, 1.165) is 23.4 Å².